The van der Waals surface area contributed by atoms with Gasteiger partial charge in [-0.25, -0.2) is 4.39 Å². The van der Waals surface area contributed by atoms with Gasteiger partial charge in [-0.15, -0.1) is 0 Å². The molecule has 1 aromatic rings. The largest absolute Gasteiger partial charge is 0.384 e. The van der Waals surface area contributed by atoms with Gasteiger partial charge in [0.15, 0.2) is 0 Å². The number of anilines is 1. The second kappa shape index (κ2) is 5.82. The first-order chi connectivity index (χ1) is 8.36. The molecule has 2 N–H and O–H groups in total. The molecule has 0 unspecified atom stereocenters. The second-order valence-corrected chi connectivity index (χ2v) is 5.43. The van der Waals surface area contributed by atoms with Gasteiger partial charge in [0, 0.05) is 14.1 Å². The average molecular weight is 272 g/mol. The van der Waals surface area contributed by atoms with Crippen molar-refractivity contribution < 1.29 is 17.9 Å². The molecule has 1 aromatic carbocycles. The molecule has 0 aliphatic rings. The zero-order valence-corrected chi connectivity index (χ0v) is 10.8. The van der Waals surface area contributed by atoms with Gasteiger partial charge in [0.05, 0.1) is 11.3 Å². The summed E-state index contributed by atoms with van der Waals surface area (Å²) in [6.07, 6.45) is 0. The number of aliphatic hydroxyl groups excluding tert-OH is 1. The van der Waals surface area contributed by atoms with Gasteiger partial charge in [0.1, 0.15) is 12.4 Å². The molecule has 1 rings (SSSR count). The van der Waals surface area contributed by atoms with Gasteiger partial charge in [0.25, 0.3) is 0 Å². The van der Waals surface area contributed by atoms with Crippen LogP contribution in [0.5, 0.6) is 0 Å². The normalized spacial score (nSPS) is 10.9. The molecular formula is C11H13FN2O3S. The summed E-state index contributed by atoms with van der Waals surface area (Å²) in [5.41, 5.74) is 0.218. The summed E-state index contributed by atoms with van der Waals surface area (Å²) >= 11 is 0. The Balaban J connectivity index is 3.06. The van der Waals surface area contributed by atoms with Crippen LogP contribution in [0.2, 0.25) is 0 Å². The molecule has 5 nitrogen and oxygen atoms in total. The monoisotopic (exact) mass is 272 g/mol. The Morgan fingerprint density at radius 3 is 2.67 bits per heavy atom. The third-order valence-corrected chi connectivity index (χ3v) is 3.45. The van der Waals surface area contributed by atoms with Crippen molar-refractivity contribution in [3.8, 4) is 11.8 Å². The molecule has 98 valence electrons. The first kappa shape index (κ1) is 14.4. The van der Waals surface area contributed by atoms with Crippen LogP contribution in [0.25, 0.3) is 0 Å². The maximum Gasteiger partial charge on any atom is 0.301 e. The number of aliphatic hydroxyl groups is 1. The summed E-state index contributed by atoms with van der Waals surface area (Å²) in [5, 5.41) is 8.53. The molecule has 0 saturated heterocycles. The molecule has 0 amide bonds. The highest BCUT2D eigenvalue weighted by Gasteiger charge is 2.13. The average Bonchev–Trinajstić information content (AvgIpc) is 2.29. The third-order valence-electron chi connectivity index (χ3n) is 2.00. The van der Waals surface area contributed by atoms with Gasteiger partial charge in [-0.2, -0.15) is 12.7 Å². The van der Waals surface area contributed by atoms with Gasteiger partial charge >= 0.3 is 10.2 Å². The number of benzene rings is 1. The zero-order valence-electron chi connectivity index (χ0n) is 9.94. The predicted octanol–water partition coefficient (Wildman–Crippen LogP) is 0.388. The Bertz CT molecular complexity index is 588. The highest BCUT2D eigenvalue weighted by atomic mass is 32.2. The zero-order chi connectivity index (χ0) is 13.8. The van der Waals surface area contributed by atoms with Crippen LogP contribution in [-0.2, 0) is 10.2 Å². The Hall–Kier alpha value is -1.62. The van der Waals surface area contributed by atoms with Crippen LogP contribution in [0, 0.1) is 17.7 Å². The minimum absolute atomic E-state index is 0.0167. The molecule has 0 aliphatic heterocycles. The predicted molar refractivity (Wildman–Crippen MR) is 66.6 cm³/mol. The van der Waals surface area contributed by atoms with Crippen LogP contribution in [0.15, 0.2) is 18.2 Å². The lowest BCUT2D eigenvalue weighted by molar-refractivity contribution is 0.350. The second-order valence-electron chi connectivity index (χ2n) is 3.54. The number of nitrogens with one attached hydrogen (secondary N) is 1. The van der Waals surface area contributed by atoms with Gasteiger partial charge in [-0.3, -0.25) is 4.72 Å². The van der Waals surface area contributed by atoms with Crippen LogP contribution in [-0.4, -0.2) is 38.5 Å². The minimum Gasteiger partial charge on any atom is -0.384 e. The lowest BCUT2D eigenvalue weighted by atomic mass is 10.2. The first-order valence-electron chi connectivity index (χ1n) is 4.96. The molecular weight excluding hydrogens is 259 g/mol. The molecule has 0 aromatic heterocycles. The van der Waals surface area contributed by atoms with E-state index in [9.17, 15) is 12.8 Å². The highest BCUT2D eigenvalue weighted by molar-refractivity contribution is 7.90. The third kappa shape index (κ3) is 3.70. The van der Waals surface area contributed by atoms with E-state index in [1.807, 2.05) is 0 Å². The van der Waals surface area contributed by atoms with Crippen molar-refractivity contribution >= 4 is 15.9 Å². The fourth-order valence-corrected chi connectivity index (χ4v) is 1.67. The van der Waals surface area contributed by atoms with Crippen molar-refractivity contribution in [2.45, 2.75) is 0 Å². The van der Waals surface area contributed by atoms with Gasteiger partial charge in [-0.05, 0) is 18.2 Å². The molecule has 0 saturated carbocycles. The van der Waals surface area contributed by atoms with Crippen LogP contribution >= 0.6 is 0 Å². The Labute approximate surface area is 105 Å². The van der Waals surface area contributed by atoms with E-state index in [4.69, 9.17) is 5.11 Å². The van der Waals surface area contributed by atoms with E-state index < -0.39 is 22.6 Å². The van der Waals surface area contributed by atoms with Crippen LogP contribution in [0.3, 0.4) is 0 Å². The number of hydrogen-bond donors (Lipinski definition) is 2. The molecule has 0 aliphatic carbocycles. The Morgan fingerprint density at radius 1 is 1.44 bits per heavy atom. The van der Waals surface area contributed by atoms with E-state index in [2.05, 4.69) is 16.6 Å². The topological polar surface area (TPSA) is 69.6 Å². The van der Waals surface area contributed by atoms with Crippen LogP contribution in [0.1, 0.15) is 5.56 Å². The van der Waals surface area contributed by atoms with E-state index in [1.54, 1.807) is 0 Å². The molecule has 18 heavy (non-hydrogen) atoms. The van der Waals surface area contributed by atoms with Gasteiger partial charge in [-0.1, -0.05) is 11.8 Å². The van der Waals surface area contributed by atoms with E-state index in [0.717, 1.165) is 10.4 Å². The molecule has 0 atom stereocenters. The Morgan fingerprint density at radius 2 is 2.11 bits per heavy atom. The van der Waals surface area contributed by atoms with Crippen molar-refractivity contribution in [1.82, 2.24) is 4.31 Å². The van der Waals surface area contributed by atoms with Crippen molar-refractivity contribution in [2.24, 2.45) is 0 Å². The van der Waals surface area contributed by atoms with Crippen molar-refractivity contribution in [1.29, 1.82) is 0 Å². The maximum absolute atomic E-state index is 13.3. The van der Waals surface area contributed by atoms with E-state index >= 15 is 0 Å². The number of hydrogen-bond acceptors (Lipinski definition) is 3. The van der Waals surface area contributed by atoms with Crippen molar-refractivity contribution in [3.63, 3.8) is 0 Å². The molecule has 0 radical (unpaired) electrons. The van der Waals surface area contributed by atoms with E-state index in [0.29, 0.717) is 0 Å². The van der Waals surface area contributed by atoms with Crippen LogP contribution in [0.4, 0.5) is 10.1 Å². The van der Waals surface area contributed by atoms with E-state index in [1.165, 1.54) is 26.2 Å². The van der Waals surface area contributed by atoms with Crippen LogP contribution < -0.4 is 4.72 Å². The number of rotatable bonds is 3. The molecule has 0 spiro atoms. The smallest absolute Gasteiger partial charge is 0.301 e. The standard InChI is InChI=1S/C11H13FN2O3S/c1-14(2)18(16,17)13-10-5-6-11(12)9(8-10)4-3-7-15/h5-6,8,13,15H,7H2,1-2H3. The number of halogens is 1. The lowest BCUT2D eigenvalue weighted by Gasteiger charge is -2.13. The summed E-state index contributed by atoms with van der Waals surface area (Å²) < 4.78 is 39.7. The fraction of sp³-hybridized carbons (Fsp3) is 0.273. The van der Waals surface area contributed by atoms with Crippen molar-refractivity contribution in [2.75, 3.05) is 25.4 Å². The summed E-state index contributed by atoms with van der Waals surface area (Å²) in [6.45, 7) is -0.396. The lowest BCUT2D eigenvalue weighted by Crippen LogP contribution is -2.28. The maximum atomic E-state index is 13.3. The SMILES string of the molecule is CN(C)S(=O)(=O)Nc1ccc(F)c(C#CCO)c1. The molecule has 7 heteroatoms. The highest BCUT2D eigenvalue weighted by Crippen LogP contribution is 2.15. The molecule has 0 fully saturated rings. The molecule has 0 heterocycles. The summed E-state index contributed by atoms with van der Waals surface area (Å²) in [7, 11) is -0.891. The summed E-state index contributed by atoms with van der Waals surface area (Å²) in [4.78, 5) is 0. The molecule has 0 bridgehead atoms. The Kier molecular flexibility index (Phi) is 4.67. The van der Waals surface area contributed by atoms with Gasteiger partial charge in [0.2, 0.25) is 0 Å². The quantitative estimate of drug-likeness (QED) is 0.782. The summed E-state index contributed by atoms with van der Waals surface area (Å²) in [5.74, 6) is 4.11. The first-order valence-corrected chi connectivity index (χ1v) is 6.40. The van der Waals surface area contributed by atoms with E-state index in [-0.39, 0.29) is 11.3 Å². The number of nitrogens with zero attached hydrogens (tertiary/aromatic N) is 1. The van der Waals surface area contributed by atoms with Gasteiger partial charge < -0.3 is 5.11 Å². The summed E-state index contributed by atoms with van der Waals surface area (Å²) in [6, 6.07) is 3.66. The fourth-order valence-electron chi connectivity index (χ4n) is 1.06. The van der Waals surface area contributed by atoms with Crippen molar-refractivity contribution in [3.05, 3.63) is 29.6 Å². The minimum atomic E-state index is -3.64.